The maximum atomic E-state index is 6.34. The monoisotopic (exact) mass is 311 g/mol. The standard InChI is InChI=1S/C18H16ClN3/c19-13-6-7-16-14(10-13)17(12-4-2-1-3-5-12)15(18(20)21-16)11-22-8-9-22/h1-7,10H,8-9,11H2,(H2,20,21)/p+2. The zero-order valence-corrected chi connectivity index (χ0v) is 13.0. The highest BCUT2D eigenvalue weighted by atomic mass is 35.5. The largest absolute Gasteiger partial charge is 0.322 e. The average Bonchev–Trinajstić information content (AvgIpc) is 3.33. The lowest BCUT2D eigenvalue weighted by molar-refractivity contribution is -0.774. The van der Waals surface area contributed by atoms with Crippen molar-refractivity contribution < 1.29 is 9.88 Å². The van der Waals surface area contributed by atoms with Crippen LogP contribution in [-0.4, -0.2) is 13.1 Å². The molecule has 0 amide bonds. The Labute approximate surface area is 134 Å². The van der Waals surface area contributed by atoms with E-state index in [2.05, 4.69) is 29.2 Å². The summed E-state index contributed by atoms with van der Waals surface area (Å²) < 4.78 is 0. The Morgan fingerprint density at radius 2 is 1.86 bits per heavy atom. The van der Waals surface area contributed by atoms with E-state index in [1.807, 2.05) is 24.3 Å². The molecule has 3 aromatic rings. The van der Waals surface area contributed by atoms with Gasteiger partial charge in [-0.3, -0.25) is 5.73 Å². The number of fused-ring (bicyclic) bond motifs is 1. The van der Waals surface area contributed by atoms with E-state index in [1.165, 1.54) is 29.8 Å². The lowest BCUT2D eigenvalue weighted by Gasteiger charge is -2.12. The quantitative estimate of drug-likeness (QED) is 0.714. The highest BCUT2D eigenvalue weighted by Crippen LogP contribution is 2.33. The summed E-state index contributed by atoms with van der Waals surface area (Å²) in [5.41, 5.74) is 10.9. The summed E-state index contributed by atoms with van der Waals surface area (Å²) in [5.74, 6) is 0.757. The Bertz CT molecular complexity index is 842. The molecule has 0 atom stereocenters. The second-order valence-corrected chi connectivity index (χ2v) is 6.31. The number of aromatic amines is 1. The third kappa shape index (κ3) is 2.43. The highest BCUT2D eigenvalue weighted by molar-refractivity contribution is 6.31. The molecule has 0 radical (unpaired) electrons. The number of benzene rings is 2. The smallest absolute Gasteiger partial charge is 0.280 e. The second-order valence-electron chi connectivity index (χ2n) is 5.87. The van der Waals surface area contributed by atoms with Gasteiger partial charge in [-0.15, -0.1) is 0 Å². The summed E-state index contributed by atoms with van der Waals surface area (Å²) in [6, 6.07) is 16.3. The molecule has 1 aliphatic heterocycles. The van der Waals surface area contributed by atoms with Crippen molar-refractivity contribution in [2.24, 2.45) is 0 Å². The molecule has 1 saturated heterocycles. The van der Waals surface area contributed by atoms with E-state index < -0.39 is 0 Å². The summed E-state index contributed by atoms with van der Waals surface area (Å²) >= 11 is 6.24. The van der Waals surface area contributed by atoms with E-state index in [-0.39, 0.29) is 0 Å². The van der Waals surface area contributed by atoms with Crippen molar-refractivity contribution in [1.29, 1.82) is 0 Å². The van der Waals surface area contributed by atoms with Gasteiger partial charge in [0.15, 0.2) is 0 Å². The molecule has 0 bridgehead atoms. The Hall–Kier alpha value is -2.10. The molecule has 0 saturated carbocycles. The molecule has 22 heavy (non-hydrogen) atoms. The first-order valence-electron chi connectivity index (χ1n) is 7.54. The van der Waals surface area contributed by atoms with Crippen molar-refractivity contribution in [2.75, 3.05) is 18.8 Å². The number of pyridine rings is 1. The first-order valence-corrected chi connectivity index (χ1v) is 7.92. The molecule has 2 aromatic carbocycles. The number of aromatic nitrogens is 1. The van der Waals surface area contributed by atoms with E-state index in [1.54, 1.807) is 4.90 Å². The average molecular weight is 312 g/mol. The third-order valence-electron chi connectivity index (χ3n) is 4.24. The molecule has 2 heterocycles. The number of nitrogens with one attached hydrogen (secondary N) is 2. The lowest BCUT2D eigenvalue weighted by atomic mass is 9.95. The molecule has 4 heteroatoms. The van der Waals surface area contributed by atoms with E-state index in [9.17, 15) is 0 Å². The van der Waals surface area contributed by atoms with Crippen LogP contribution >= 0.6 is 11.6 Å². The minimum absolute atomic E-state index is 0.743. The molecule has 110 valence electrons. The minimum Gasteiger partial charge on any atom is -0.322 e. The molecule has 1 aromatic heterocycles. The Morgan fingerprint density at radius 1 is 1.09 bits per heavy atom. The van der Waals surface area contributed by atoms with Crippen LogP contribution in [0.1, 0.15) is 5.56 Å². The van der Waals surface area contributed by atoms with Crippen molar-refractivity contribution >= 4 is 28.3 Å². The summed E-state index contributed by atoms with van der Waals surface area (Å²) in [4.78, 5) is 4.90. The maximum Gasteiger partial charge on any atom is 0.280 e. The van der Waals surface area contributed by atoms with Crippen LogP contribution in [-0.2, 0) is 6.54 Å². The van der Waals surface area contributed by atoms with Gasteiger partial charge >= 0.3 is 0 Å². The first kappa shape index (κ1) is 13.6. The van der Waals surface area contributed by atoms with Gasteiger partial charge in [0.2, 0.25) is 0 Å². The molecule has 0 unspecified atom stereocenters. The Kier molecular flexibility index (Phi) is 3.25. The fourth-order valence-electron chi connectivity index (χ4n) is 2.98. The van der Waals surface area contributed by atoms with Gasteiger partial charge in [-0.1, -0.05) is 41.9 Å². The SMILES string of the molecule is Nc1[nH+]c2ccc(Cl)cc2c(-c2ccccc2)c1C[NH+]1CC1. The summed E-state index contributed by atoms with van der Waals surface area (Å²) in [5, 5.41) is 1.87. The molecule has 1 fully saturated rings. The summed E-state index contributed by atoms with van der Waals surface area (Å²) in [6.07, 6.45) is 0. The van der Waals surface area contributed by atoms with Crippen LogP contribution < -0.4 is 15.6 Å². The number of quaternary nitrogens is 1. The summed E-state index contributed by atoms with van der Waals surface area (Å²) in [7, 11) is 0. The van der Waals surface area contributed by atoms with Crippen LogP contribution in [0.2, 0.25) is 5.02 Å². The molecule has 0 spiro atoms. The normalized spacial score (nSPS) is 14.4. The number of rotatable bonds is 3. The van der Waals surface area contributed by atoms with E-state index in [0.717, 1.165) is 28.3 Å². The lowest BCUT2D eigenvalue weighted by Crippen LogP contribution is -2.90. The van der Waals surface area contributed by atoms with Gasteiger partial charge in [0, 0.05) is 16.0 Å². The van der Waals surface area contributed by atoms with Gasteiger partial charge in [0.05, 0.1) is 0 Å². The van der Waals surface area contributed by atoms with Gasteiger partial charge < -0.3 is 4.90 Å². The molecule has 3 nitrogen and oxygen atoms in total. The minimum atomic E-state index is 0.743. The molecule has 1 aliphatic rings. The predicted molar refractivity (Wildman–Crippen MR) is 89.8 cm³/mol. The second kappa shape index (κ2) is 5.27. The summed E-state index contributed by atoms with van der Waals surface area (Å²) in [6.45, 7) is 3.40. The van der Waals surface area contributed by atoms with Crippen molar-refractivity contribution in [1.82, 2.24) is 0 Å². The zero-order chi connectivity index (χ0) is 15.1. The zero-order valence-electron chi connectivity index (χ0n) is 12.2. The molecular formula is C18H18ClN3+2. The molecule has 0 aliphatic carbocycles. The van der Waals surface area contributed by atoms with Crippen molar-refractivity contribution in [3.8, 4) is 11.1 Å². The van der Waals surface area contributed by atoms with Crippen LogP contribution in [0.3, 0.4) is 0 Å². The fraction of sp³-hybridized carbons (Fsp3) is 0.167. The Balaban J connectivity index is 2.04. The van der Waals surface area contributed by atoms with Gasteiger partial charge in [0.1, 0.15) is 30.7 Å². The number of hydrogen-bond donors (Lipinski definition) is 2. The number of anilines is 1. The predicted octanol–water partition coefficient (Wildman–Crippen LogP) is 1.95. The number of nitrogen functional groups attached to an aromatic ring is 1. The van der Waals surface area contributed by atoms with Crippen molar-refractivity contribution in [3.05, 3.63) is 59.1 Å². The van der Waals surface area contributed by atoms with Gasteiger partial charge in [0.25, 0.3) is 5.82 Å². The molecule has 4 rings (SSSR count). The molecule has 4 N–H and O–H groups in total. The first-order chi connectivity index (χ1) is 10.7. The molecular weight excluding hydrogens is 294 g/mol. The topological polar surface area (TPSA) is 44.6 Å². The number of hydrogen-bond acceptors (Lipinski definition) is 1. The maximum absolute atomic E-state index is 6.34. The van der Waals surface area contributed by atoms with Gasteiger partial charge in [-0.2, -0.15) is 0 Å². The van der Waals surface area contributed by atoms with E-state index in [4.69, 9.17) is 17.3 Å². The van der Waals surface area contributed by atoms with Crippen LogP contribution in [0.5, 0.6) is 0 Å². The number of H-pyrrole nitrogens is 1. The van der Waals surface area contributed by atoms with E-state index >= 15 is 0 Å². The van der Waals surface area contributed by atoms with E-state index in [0.29, 0.717) is 0 Å². The van der Waals surface area contributed by atoms with Gasteiger partial charge in [-0.05, 0) is 23.8 Å². The van der Waals surface area contributed by atoms with Crippen molar-refractivity contribution in [2.45, 2.75) is 6.54 Å². The van der Waals surface area contributed by atoms with Gasteiger partial charge in [-0.25, -0.2) is 4.98 Å². The Morgan fingerprint density at radius 3 is 2.59 bits per heavy atom. The third-order valence-corrected chi connectivity index (χ3v) is 4.48. The van der Waals surface area contributed by atoms with Crippen LogP contribution in [0.4, 0.5) is 5.82 Å². The highest BCUT2D eigenvalue weighted by Gasteiger charge is 2.29. The van der Waals surface area contributed by atoms with Crippen LogP contribution in [0.15, 0.2) is 48.5 Å². The number of nitrogens with two attached hydrogens (primary N) is 1. The van der Waals surface area contributed by atoms with Crippen LogP contribution in [0, 0.1) is 0 Å². The fourth-order valence-corrected chi connectivity index (χ4v) is 3.16. The van der Waals surface area contributed by atoms with Crippen molar-refractivity contribution in [3.63, 3.8) is 0 Å². The number of halogens is 1. The van der Waals surface area contributed by atoms with Crippen LogP contribution in [0.25, 0.3) is 22.0 Å².